The minimum atomic E-state index is -0.0918. The number of furan rings is 1. The van der Waals surface area contributed by atoms with Crippen molar-refractivity contribution in [1.29, 1.82) is 0 Å². The summed E-state index contributed by atoms with van der Waals surface area (Å²) in [5.74, 6) is 2.01. The number of anilines is 1. The van der Waals surface area contributed by atoms with Gasteiger partial charge in [-0.15, -0.1) is 0 Å². The number of allylic oxidation sites excluding steroid dienone is 1. The average molecular weight is 357 g/mol. The number of carbonyl (C=O) groups is 1. The summed E-state index contributed by atoms with van der Waals surface area (Å²) in [6, 6.07) is 16.5. The first-order chi connectivity index (χ1) is 12.9. The Kier molecular flexibility index (Phi) is 3.39. The first kappa shape index (κ1) is 16.4. The van der Waals surface area contributed by atoms with Crippen molar-refractivity contribution in [1.82, 2.24) is 0 Å². The molecule has 1 aromatic heterocycles. The summed E-state index contributed by atoms with van der Waals surface area (Å²) < 4.78 is 5.97. The van der Waals surface area contributed by atoms with Crippen LogP contribution in [0.4, 0.5) is 5.69 Å². The van der Waals surface area contributed by atoms with Gasteiger partial charge in [0.1, 0.15) is 17.6 Å². The van der Waals surface area contributed by atoms with Gasteiger partial charge in [-0.25, -0.2) is 0 Å². The third-order valence-electron chi connectivity index (χ3n) is 5.76. The molecular formula is C24H23NO2. The SMILES string of the molecule is Cc1ccc([C@@H]2Nc3cc4ccccc4cc3C3=C2CC(C)(C)CC3=O)o1. The van der Waals surface area contributed by atoms with Crippen LogP contribution >= 0.6 is 0 Å². The van der Waals surface area contributed by atoms with Crippen LogP contribution in [0.5, 0.6) is 0 Å². The highest BCUT2D eigenvalue weighted by atomic mass is 16.3. The van der Waals surface area contributed by atoms with Crippen molar-refractivity contribution in [2.45, 2.75) is 39.7 Å². The average Bonchev–Trinajstić information content (AvgIpc) is 3.04. The van der Waals surface area contributed by atoms with Crippen molar-refractivity contribution in [3.05, 3.63) is 71.2 Å². The van der Waals surface area contributed by atoms with E-state index in [1.165, 1.54) is 5.39 Å². The molecule has 136 valence electrons. The number of hydrogen-bond acceptors (Lipinski definition) is 3. The zero-order valence-corrected chi connectivity index (χ0v) is 15.9. The molecule has 0 saturated heterocycles. The molecule has 0 radical (unpaired) electrons. The maximum absolute atomic E-state index is 13.2. The molecular weight excluding hydrogens is 334 g/mol. The maximum Gasteiger partial charge on any atom is 0.164 e. The summed E-state index contributed by atoms with van der Waals surface area (Å²) in [5.41, 5.74) is 4.07. The van der Waals surface area contributed by atoms with Gasteiger partial charge >= 0.3 is 0 Å². The van der Waals surface area contributed by atoms with Gasteiger partial charge in [0, 0.05) is 23.2 Å². The first-order valence-corrected chi connectivity index (χ1v) is 9.54. The zero-order valence-electron chi connectivity index (χ0n) is 15.9. The highest BCUT2D eigenvalue weighted by Gasteiger charge is 2.40. The van der Waals surface area contributed by atoms with Crippen LogP contribution in [-0.4, -0.2) is 5.78 Å². The molecule has 0 bridgehead atoms. The van der Waals surface area contributed by atoms with Crippen molar-refractivity contribution in [2.75, 3.05) is 5.32 Å². The second kappa shape index (κ2) is 5.59. The molecule has 2 aliphatic rings. The van der Waals surface area contributed by atoms with Gasteiger partial charge in [0.05, 0.1) is 0 Å². The third-order valence-corrected chi connectivity index (χ3v) is 5.76. The molecule has 2 aromatic carbocycles. The van der Waals surface area contributed by atoms with Gasteiger partial charge in [0.15, 0.2) is 5.78 Å². The number of hydrogen-bond donors (Lipinski definition) is 1. The Hall–Kier alpha value is -2.81. The molecule has 0 saturated carbocycles. The summed E-state index contributed by atoms with van der Waals surface area (Å²) in [7, 11) is 0. The van der Waals surface area contributed by atoms with Crippen molar-refractivity contribution >= 4 is 27.8 Å². The van der Waals surface area contributed by atoms with Crippen LogP contribution in [-0.2, 0) is 4.79 Å². The number of carbonyl (C=O) groups excluding carboxylic acids is 1. The van der Waals surface area contributed by atoms with Crippen molar-refractivity contribution in [3.8, 4) is 0 Å². The molecule has 5 rings (SSSR count). The largest absolute Gasteiger partial charge is 0.464 e. The van der Waals surface area contributed by atoms with E-state index in [2.05, 4.69) is 43.4 Å². The molecule has 1 aliphatic carbocycles. The molecule has 0 spiro atoms. The van der Waals surface area contributed by atoms with Gasteiger partial charge in [-0.05, 0) is 59.4 Å². The van der Waals surface area contributed by atoms with Gasteiger partial charge in [-0.3, -0.25) is 4.79 Å². The lowest BCUT2D eigenvalue weighted by molar-refractivity contribution is -0.116. The highest BCUT2D eigenvalue weighted by molar-refractivity contribution is 6.25. The summed E-state index contributed by atoms with van der Waals surface area (Å²) in [4.78, 5) is 13.2. The number of fused-ring (bicyclic) bond motifs is 3. The second-order valence-electron chi connectivity index (χ2n) is 8.61. The second-order valence-corrected chi connectivity index (χ2v) is 8.61. The van der Waals surface area contributed by atoms with Gasteiger partial charge in [0.2, 0.25) is 0 Å². The molecule has 0 fully saturated rings. The van der Waals surface area contributed by atoms with E-state index in [1.807, 2.05) is 31.2 Å². The summed E-state index contributed by atoms with van der Waals surface area (Å²) >= 11 is 0. The topological polar surface area (TPSA) is 42.2 Å². The summed E-state index contributed by atoms with van der Waals surface area (Å²) in [6.07, 6.45) is 1.47. The van der Waals surface area contributed by atoms with E-state index in [4.69, 9.17) is 4.42 Å². The van der Waals surface area contributed by atoms with Crippen LogP contribution in [0.15, 0.2) is 58.5 Å². The lowest BCUT2D eigenvalue weighted by Crippen LogP contribution is -2.32. The fraction of sp³-hybridized carbons (Fsp3) is 0.292. The normalized spacial score (nSPS) is 21.0. The quantitative estimate of drug-likeness (QED) is 0.576. The van der Waals surface area contributed by atoms with Crippen molar-refractivity contribution in [3.63, 3.8) is 0 Å². The van der Waals surface area contributed by atoms with E-state index in [0.717, 1.165) is 45.7 Å². The lowest BCUT2D eigenvalue weighted by atomic mass is 9.68. The molecule has 0 unspecified atom stereocenters. The van der Waals surface area contributed by atoms with Crippen LogP contribution in [0.1, 0.15) is 49.8 Å². The monoisotopic (exact) mass is 357 g/mol. The predicted octanol–water partition coefficient (Wildman–Crippen LogP) is 6.05. The number of nitrogens with one attached hydrogen (secondary N) is 1. The van der Waals surface area contributed by atoms with E-state index in [-0.39, 0.29) is 17.2 Å². The van der Waals surface area contributed by atoms with Gasteiger partial charge in [-0.2, -0.15) is 0 Å². The van der Waals surface area contributed by atoms with E-state index in [9.17, 15) is 4.79 Å². The molecule has 0 amide bonds. The zero-order chi connectivity index (χ0) is 18.8. The van der Waals surface area contributed by atoms with Gasteiger partial charge < -0.3 is 9.73 Å². The molecule has 3 aromatic rings. The van der Waals surface area contributed by atoms with Crippen LogP contribution in [0.2, 0.25) is 0 Å². The number of aryl methyl sites for hydroxylation is 1. The predicted molar refractivity (Wildman–Crippen MR) is 109 cm³/mol. The Balaban J connectivity index is 1.77. The minimum absolute atomic E-state index is 0.0359. The maximum atomic E-state index is 13.2. The molecule has 2 heterocycles. The molecule has 3 heteroatoms. The summed E-state index contributed by atoms with van der Waals surface area (Å²) in [5, 5.41) is 6.01. The fourth-order valence-corrected chi connectivity index (χ4v) is 4.60. The Morgan fingerprint density at radius 2 is 1.78 bits per heavy atom. The molecule has 1 N–H and O–H groups in total. The Bertz CT molecular complexity index is 1120. The number of benzene rings is 2. The number of rotatable bonds is 1. The van der Waals surface area contributed by atoms with Crippen molar-refractivity contribution < 1.29 is 9.21 Å². The Morgan fingerprint density at radius 3 is 2.48 bits per heavy atom. The fourth-order valence-electron chi connectivity index (χ4n) is 4.60. The van der Waals surface area contributed by atoms with Crippen LogP contribution in [0.3, 0.4) is 0 Å². The Labute approximate surface area is 159 Å². The van der Waals surface area contributed by atoms with Crippen molar-refractivity contribution in [2.24, 2.45) is 5.41 Å². The van der Waals surface area contributed by atoms with E-state index in [1.54, 1.807) is 0 Å². The third kappa shape index (κ3) is 2.61. The van der Waals surface area contributed by atoms with Crippen LogP contribution in [0.25, 0.3) is 16.3 Å². The van der Waals surface area contributed by atoms with E-state index in [0.29, 0.717) is 6.42 Å². The van der Waals surface area contributed by atoms with Crippen LogP contribution in [0, 0.1) is 12.3 Å². The standard InChI is InChI=1S/C24H23NO2/c1-14-8-9-21(27-14)23-18-12-24(2,3)13-20(26)22(18)17-10-15-6-4-5-7-16(15)11-19(17)25-23/h4-11,23,25H,12-13H2,1-3H3/t23-/m1/s1. The van der Waals surface area contributed by atoms with E-state index < -0.39 is 0 Å². The number of Topliss-reactive ketones (excluding diaryl/α,β-unsaturated/α-hetero) is 1. The lowest BCUT2D eigenvalue weighted by Gasteiger charge is -2.39. The molecule has 1 aliphatic heterocycles. The number of ketones is 1. The molecule has 27 heavy (non-hydrogen) atoms. The van der Waals surface area contributed by atoms with Gasteiger partial charge in [0.25, 0.3) is 0 Å². The minimum Gasteiger partial charge on any atom is -0.464 e. The van der Waals surface area contributed by atoms with Gasteiger partial charge in [-0.1, -0.05) is 38.1 Å². The highest BCUT2D eigenvalue weighted by Crippen LogP contribution is 2.50. The smallest absolute Gasteiger partial charge is 0.164 e. The van der Waals surface area contributed by atoms with Crippen LogP contribution < -0.4 is 5.32 Å². The van der Waals surface area contributed by atoms with E-state index >= 15 is 0 Å². The molecule has 3 nitrogen and oxygen atoms in total. The summed E-state index contributed by atoms with van der Waals surface area (Å²) in [6.45, 7) is 6.31. The molecule has 1 atom stereocenters. The first-order valence-electron chi connectivity index (χ1n) is 9.54. The Morgan fingerprint density at radius 1 is 1.04 bits per heavy atom.